The SMILES string of the molecule is CCn1c2ccc(C(=O)c3ccc(C)cc3)cc2c2cc3c(cc21)OCC/C(=N\OC(=O)C(C)C)C3=O. The molecule has 4 aromatic rings. The number of oxime groups is 1. The second-order valence-electron chi connectivity index (χ2n) is 9.57. The van der Waals surface area contributed by atoms with E-state index in [2.05, 4.69) is 16.6 Å². The van der Waals surface area contributed by atoms with Crippen LogP contribution in [-0.4, -0.2) is 34.4 Å². The molecule has 0 aliphatic carbocycles. The minimum absolute atomic E-state index is 0.0603. The second kappa shape index (κ2) is 9.65. The van der Waals surface area contributed by atoms with Gasteiger partial charge in [0, 0.05) is 46.4 Å². The van der Waals surface area contributed by atoms with Gasteiger partial charge in [-0.05, 0) is 38.1 Å². The molecule has 0 unspecified atom stereocenters. The first-order valence-electron chi connectivity index (χ1n) is 12.4. The lowest BCUT2D eigenvalue weighted by Crippen LogP contribution is -2.17. The van der Waals surface area contributed by atoms with Gasteiger partial charge in [-0.15, -0.1) is 0 Å². The van der Waals surface area contributed by atoms with E-state index in [0.717, 1.165) is 27.4 Å². The lowest BCUT2D eigenvalue weighted by atomic mass is 9.99. The van der Waals surface area contributed by atoms with Gasteiger partial charge in [-0.2, -0.15) is 0 Å². The van der Waals surface area contributed by atoms with Crippen LogP contribution in [0.3, 0.4) is 0 Å². The number of ketones is 2. The molecule has 0 atom stereocenters. The summed E-state index contributed by atoms with van der Waals surface area (Å²) in [6.07, 6.45) is 0.229. The first-order chi connectivity index (χ1) is 17.8. The number of carbonyl (C=O) groups is 3. The van der Waals surface area contributed by atoms with E-state index in [9.17, 15) is 14.4 Å². The summed E-state index contributed by atoms with van der Waals surface area (Å²) in [5.41, 5.74) is 4.66. The number of benzene rings is 3. The molecule has 1 aromatic heterocycles. The third-order valence-electron chi connectivity index (χ3n) is 6.68. The van der Waals surface area contributed by atoms with Crippen LogP contribution in [-0.2, 0) is 16.2 Å². The zero-order valence-corrected chi connectivity index (χ0v) is 21.3. The molecule has 0 fully saturated rings. The zero-order chi connectivity index (χ0) is 26.3. The Kier molecular flexibility index (Phi) is 6.38. The van der Waals surface area contributed by atoms with Crippen molar-refractivity contribution in [3.63, 3.8) is 0 Å². The van der Waals surface area contributed by atoms with E-state index in [-0.39, 0.29) is 36.2 Å². The van der Waals surface area contributed by atoms with Crippen molar-refractivity contribution in [3.05, 3.63) is 76.9 Å². The van der Waals surface area contributed by atoms with Gasteiger partial charge in [0.1, 0.15) is 11.5 Å². The number of rotatable bonds is 5. The minimum Gasteiger partial charge on any atom is -0.492 e. The Morgan fingerprint density at radius 3 is 2.41 bits per heavy atom. The highest BCUT2D eigenvalue weighted by atomic mass is 16.7. The summed E-state index contributed by atoms with van der Waals surface area (Å²) >= 11 is 0. The van der Waals surface area contributed by atoms with Gasteiger partial charge in [0.15, 0.2) is 5.78 Å². The van der Waals surface area contributed by atoms with Gasteiger partial charge in [-0.3, -0.25) is 9.59 Å². The Bertz CT molecular complexity index is 1590. The molecule has 0 spiro atoms. The number of hydrogen-bond donors (Lipinski definition) is 0. The molecule has 5 rings (SSSR count). The van der Waals surface area contributed by atoms with Gasteiger partial charge in [0.2, 0.25) is 5.78 Å². The molecule has 0 amide bonds. The molecular weight excluding hydrogens is 468 g/mol. The van der Waals surface area contributed by atoms with Crippen LogP contribution in [0, 0.1) is 12.8 Å². The Balaban J connectivity index is 1.63. The maximum Gasteiger partial charge on any atom is 0.337 e. The summed E-state index contributed by atoms with van der Waals surface area (Å²) in [4.78, 5) is 43.5. The van der Waals surface area contributed by atoms with Crippen LogP contribution in [0.1, 0.15) is 59.0 Å². The fourth-order valence-electron chi connectivity index (χ4n) is 4.59. The van der Waals surface area contributed by atoms with E-state index < -0.39 is 5.97 Å². The van der Waals surface area contributed by atoms with E-state index in [1.807, 2.05) is 55.5 Å². The predicted molar refractivity (Wildman–Crippen MR) is 143 cm³/mol. The van der Waals surface area contributed by atoms with Crippen LogP contribution in [0.15, 0.2) is 59.8 Å². The lowest BCUT2D eigenvalue weighted by Gasteiger charge is -2.08. The van der Waals surface area contributed by atoms with Crippen molar-refractivity contribution in [3.8, 4) is 5.75 Å². The fraction of sp³-hybridized carbons (Fsp3) is 0.267. The number of aryl methyl sites for hydroxylation is 2. The predicted octanol–water partition coefficient (Wildman–Crippen LogP) is 5.87. The molecule has 188 valence electrons. The van der Waals surface area contributed by atoms with Crippen molar-refractivity contribution >= 4 is 45.1 Å². The van der Waals surface area contributed by atoms with E-state index in [4.69, 9.17) is 9.57 Å². The van der Waals surface area contributed by atoms with E-state index in [1.165, 1.54) is 0 Å². The van der Waals surface area contributed by atoms with Gasteiger partial charge in [0.25, 0.3) is 0 Å². The van der Waals surface area contributed by atoms with Crippen molar-refractivity contribution in [2.45, 2.75) is 40.7 Å². The topological polar surface area (TPSA) is 87.0 Å². The molecule has 1 aliphatic rings. The van der Waals surface area contributed by atoms with Crippen LogP contribution in [0.5, 0.6) is 5.75 Å². The molecule has 37 heavy (non-hydrogen) atoms. The van der Waals surface area contributed by atoms with Crippen LogP contribution in [0.2, 0.25) is 0 Å². The van der Waals surface area contributed by atoms with Gasteiger partial charge >= 0.3 is 5.97 Å². The normalized spacial score (nSPS) is 14.6. The number of ether oxygens (including phenoxy) is 1. The van der Waals surface area contributed by atoms with Crippen LogP contribution in [0.25, 0.3) is 21.8 Å². The monoisotopic (exact) mass is 496 g/mol. The third-order valence-corrected chi connectivity index (χ3v) is 6.68. The highest BCUT2D eigenvalue weighted by molar-refractivity contribution is 6.47. The lowest BCUT2D eigenvalue weighted by molar-refractivity contribution is -0.147. The number of carbonyl (C=O) groups excluding carboxylic acids is 3. The maximum absolute atomic E-state index is 13.4. The highest BCUT2D eigenvalue weighted by Crippen LogP contribution is 2.36. The molecule has 0 bridgehead atoms. The largest absolute Gasteiger partial charge is 0.492 e. The molecule has 7 nitrogen and oxygen atoms in total. The average Bonchev–Trinajstić information content (AvgIpc) is 3.11. The van der Waals surface area contributed by atoms with Crippen molar-refractivity contribution < 1.29 is 24.0 Å². The molecule has 0 N–H and O–H groups in total. The van der Waals surface area contributed by atoms with Crippen molar-refractivity contribution in [2.24, 2.45) is 11.1 Å². The molecule has 1 aliphatic heterocycles. The molecule has 0 saturated carbocycles. The number of Topliss-reactive ketones (excluding diaryl/α,β-unsaturated/α-hetero) is 1. The van der Waals surface area contributed by atoms with Crippen molar-refractivity contribution in [2.75, 3.05) is 6.61 Å². The summed E-state index contributed by atoms with van der Waals surface area (Å²) in [6.45, 7) is 8.38. The quantitative estimate of drug-likeness (QED) is 0.196. The Labute approximate surface area is 214 Å². The summed E-state index contributed by atoms with van der Waals surface area (Å²) in [7, 11) is 0. The second-order valence-corrected chi connectivity index (χ2v) is 9.57. The third kappa shape index (κ3) is 4.42. The number of hydrogen-bond acceptors (Lipinski definition) is 6. The maximum atomic E-state index is 13.4. The first-order valence-corrected chi connectivity index (χ1v) is 12.4. The Hall–Kier alpha value is -4.26. The summed E-state index contributed by atoms with van der Waals surface area (Å²) in [5.74, 6) is -0.792. The molecule has 7 heteroatoms. The van der Waals surface area contributed by atoms with Gasteiger partial charge < -0.3 is 14.1 Å². The van der Waals surface area contributed by atoms with Crippen molar-refractivity contribution in [1.29, 1.82) is 0 Å². The Morgan fingerprint density at radius 2 is 1.70 bits per heavy atom. The molecule has 3 aromatic carbocycles. The smallest absolute Gasteiger partial charge is 0.337 e. The highest BCUT2D eigenvalue weighted by Gasteiger charge is 2.26. The molecular formula is C30H28N2O5. The Morgan fingerprint density at radius 1 is 1.00 bits per heavy atom. The number of fused-ring (bicyclic) bond motifs is 4. The molecule has 0 saturated heterocycles. The summed E-state index contributed by atoms with van der Waals surface area (Å²) in [5, 5.41) is 5.59. The van der Waals surface area contributed by atoms with E-state index in [1.54, 1.807) is 19.9 Å². The van der Waals surface area contributed by atoms with Gasteiger partial charge in [-0.25, -0.2) is 4.79 Å². The van der Waals surface area contributed by atoms with Crippen LogP contribution < -0.4 is 4.74 Å². The van der Waals surface area contributed by atoms with Crippen LogP contribution in [0.4, 0.5) is 0 Å². The molecule has 2 heterocycles. The first kappa shape index (κ1) is 24.4. The van der Waals surface area contributed by atoms with E-state index in [0.29, 0.717) is 29.0 Å². The standard InChI is InChI=1S/C30H28N2O5/c1-5-32-25-11-10-20(28(33)19-8-6-18(4)7-9-19)14-21(25)22-15-23-27(16-26(22)32)36-13-12-24(29(23)34)31-37-30(35)17(2)3/h6-11,14-17H,5,12-13H2,1-4H3/b31-24+. The summed E-state index contributed by atoms with van der Waals surface area (Å²) in [6, 6.07) is 16.9. The fourth-order valence-corrected chi connectivity index (χ4v) is 4.59. The summed E-state index contributed by atoms with van der Waals surface area (Å²) < 4.78 is 8.07. The molecule has 0 radical (unpaired) electrons. The van der Waals surface area contributed by atoms with Gasteiger partial charge in [0.05, 0.1) is 23.6 Å². The minimum atomic E-state index is -0.502. The van der Waals surface area contributed by atoms with Crippen molar-refractivity contribution in [1.82, 2.24) is 4.57 Å². The average molecular weight is 497 g/mol. The zero-order valence-electron chi connectivity index (χ0n) is 21.3. The number of aromatic nitrogens is 1. The van der Waals surface area contributed by atoms with Gasteiger partial charge in [-0.1, -0.05) is 48.8 Å². The number of nitrogens with zero attached hydrogens (tertiary/aromatic N) is 2. The van der Waals surface area contributed by atoms with E-state index >= 15 is 0 Å². The van der Waals surface area contributed by atoms with Crippen LogP contribution >= 0.6 is 0 Å².